The van der Waals surface area contributed by atoms with Gasteiger partial charge in [-0.1, -0.05) is 13.0 Å². The van der Waals surface area contributed by atoms with Crippen LogP contribution in [0, 0.1) is 17.0 Å². The molecule has 11 heteroatoms. The minimum atomic E-state index is -0.653. The third kappa shape index (κ3) is 5.66. The highest BCUT2D eigenvalue weighted by Gasteiger charge is 2.46. The predicted molar refractivity (Wildman–Crippen MR) is 177 cm³/mol. The Bertz CT molecular complexity index is 1840. The minimum Gasteiger partial charge on any atom is -0.508 e. The Hall–Kier alpha value is -3.67. The first-order chi connectivity index (χ1) is 22.8. The number of halogens is 2. The summed E-state index contributed by atoms with van der Waals surface area (Å²) in [4.78, 5) is 21.2. The Morgan fingerprint density at radius 2 is 1.83 bits per heavy atom. The first-order valence-electron chi connectivity index (χ1n) is 17.0. The lowest BCUT2D eigenvalue weighted by Crippen LogP contribution is -2.56. The molecule has 248 valence electrons. The average Bonchev–Trinajstić information content (AvgIpc) is 3.83. The third-order valence-corrected chi connectivity index (χ3v) is 10.8. The second-order valence-electron chi connectivity index (χ2n) is 14.2. The maximum atomic E-state index is 16.9. The summed E-state index contributed by atoms with van der Waals surface area (Å²) in [5.74, 6) is -0.498. The van der Waals surface area contributed by atoms with Crippen LogP contribution in [-0.2, 0) is 11.2 Å². The summed E-state index contributed by atoms with van der Waals surface area (Å²) in [7, 11) is 2.16. The van der Waals surface area contributed by atoms with Crippen molar-refractivity contribution in [1.29, 1.82) is 0 Å². The maximum absolute atomic E-state index is 16.9. The molecule has 5 heterocycles. The van der Waals surface area contributed by atoms with Crippen molar-refractivity contribution in [2.45, 2.75) is 51.0 Å². The Morgan fingerprint density at radius 3 is 2.55 bits per heavy atom. The van der Waals surface area contributed by atoms with E-state index >= 15 is 4.39 Å². The summed E-state index contributed by atoms with van der Waals surface area (Å²) in [6.07, 6.45) is 7.07. The number of rotatable bonds is 8. The molecule has 1 N–H and O–H groups in total. The van der Waals surface area contributed by atoms with Gasteiger partial charge in [-0.3, -0.25) is 4.98 Å². The van der Waals surface area contributed by atoms with Crippen LogP contribution in [0.5, 0.6) is 11.8 Å². The van der Waals surface area contributed by atoms with Gasteiger partial charge in [-0.2, -0.15) is 9.97 Å². The number of aromatic hydroxyl groups is 1. The van der Waals surface area contributed by atoms with Gasteiger partial charge in [0.1, 0.15) is 28.6 Å². The molecule has 1 atom stereocenters. The van der Waals surface area contributed by atoms with E-state index in [1.165, 1.54) is 12.1 Å². The van der Waals surface area contributed by atoms with Crippen LogP contribution in [0.2, 0.25) is 0 Å². The maximum Gasteiger partial charge on any atom is 0.319 e. The lowest BCUT2D eigenvalue weighted by molar-refractivity contribution is -0.151. The Balaban J connectivity index is 1.20. The van der Waals surface area contributed by atoms with E-state index < -0.39 is 5.82 Å². The van der Waals surface area contributed by atoms with Crippen LogP contribution in [0.4, 0.5) is 14.6 Å². The number of ether oxygens (including phenoxy) is 2. The monoisotopic (exact) mass is 644 g/mol. The van der Waals surface area contributed by atoms with Crippen molar-refractivity contribution < 1.29 is 23.4 Å². The van der Waals surface area contributed by atoms with E-state index in [0.29, 0.717) is 52.7 Å². The molecule has 1 saturated carbocycles. The second kappa shape index (κ2) is 11.8. The Kier molecular flexibility index (Phi) is 7.69. The number of pyridine rings is 1. The van der Waals surface area contributed by atoms with Crippen LogP contribution in [0.25, 0.3) is 32.9 Å². The number of piperazine rings is 1. The van der Waals surface area contributed by atoms with Crippen LogP contribution < -0.4 is 9.64 Å². The third-order valence-electron chi connectivity index (χ3n) is 10.8. The summed E-state index contributed by atoms with van der Waals surface area (Å²) in [6, 6.07) is 6.14. The molecule has 0 bridgehead atoms. The molecule has 9 nitrogen and oxygen atoms in total. The number of aromatic nitrogens is 3. The van der Waals surface area contributed by atoms with Gasteiger partial charge in [0, 0.05) is 69.4 Å². The van der Waals surface area contributed by atoms with Crippen LogP contribution in [-0.4, -0.2) is 102 Å². The zero-order valence-electron chi connectivity index (χ0n) is 27.2. The first-order valence-corrected chi connectivity index (χ1v) is 17.0. The van der Waals surface area contributed by atoms with Gasteiger partial charge in [0.2, 0.25) is 0 Å². The molecule has 0 radical (unpaired) electrons. The van der Waals surface area contributed by atoms with Gasteiger partial charge in [-0.25, -0.2) is 8.78 Å². The molecule has 4 aromatic rings. The van der Waals surface area contributed by atoms with E-state index in [9.17, 15) is 9.50 Å². The lowest BCUT2D eigenvalue weighted by atomic mass is 9.86. The van der Waals surface area contributed by atoms with E-state index in [1.807, 2.05) is 6.92 Å². The zero-order chi connectivity index (χ0) is 32.3. The highest BCUT2D eigenvalue weighted by molar-refractivity contribution is 6.01. The van der Waals surface area contributed by atoms with E-state index in [-0.39, 0.29) is 39.8 Å². The number of likely N-dealkylation sites (N-methyl/N-ethyl adjacent to an activating group) is 1. The number of aryl methyl sites for hydroxylation is 1. The van der Waals surface area contributed by atoms with Crippen LogP contribution in [0.15, 0.2) is 30.5 Å². The van der Waals surface area contributed by atoms with Gasteiger partial charge in [-0.05, 0) is 73.7 Å². The summed E-state index contributed by atoms with van der Waals surface area (Å²) in [5.41, 5.74) is 0.707. The van der Waals surface area contributed by atoms with E-state index in [0.717, 1.165) is 78.0 Å². The van der Waals surface area contributed by atoms with E-state index in [4.69, 9.17) is 14.5 Å². The minimum absolute atomic E-state index is 0.000436. The quantitative estimate of drug-likeness (QED) is 0.265. The molecule has 1 unspecified atom stereocenters. The molecule has 4 aliphatic rings. The van der Waals surface area contributed by atoms with Crippen molar-refractivity contribution in [3.63, 3.8) is 0 Å². The van der Waals surface area contributed by atoms with Gasteiger partial charge >= 0.3 is 6.01 Å². The molecule has 2 aromatic heterocycles. The van der Waals surface area contributed by atoms with Crippen LogP contribution >= 0.6 is 0 Å². The molecule has 3 aliphatic heterocycles. The fraction of sp³-hybridized carbons (Fsp3) is 0.528. The molecule has 0 amide bonds. The largest absolute Gasteiger partial charge is 0.508 e. The second-order valence-corrected chi connectivity index (χ2v) is 14.2. The first kappa shape index (κ1) is 30.7. The molecular formula is C36H42F2N6O3. The highest BCUT2D eigenvalue weighted by atomic mass is 19.1. The SMILES string of the molecule is CCc1c(F)ccc2cc(O)cc(-c3ncc4c(N5CCCC6(CCO6)C5)nc(OCC5(CN6CCN(C)CC6)CC5)nc4c3F)c12. The summed E-state index contributed by atoms with van der Waals surface area (Å²) in [5, 5.41) is 12.2. The molecule has 1 aliphatic carbocycles. The molecule has 47 heavy (non-hydrogen) atoms. The van der Waals surface area contributed by atoms with Crippen LogP contribution in [0.1, 0.15) is 44.6 Å². The lowest BCUT2D eigenvalue weighted by Gasteiger charge is -2.48. The summed E-state index contributed by atoms with van der Waals surface area (Å²) < 4.78 is 44.3. The van der Waals surface area contributed by atoms with Gasteiger partial charge in [0.15, 0.2) is 5.82 Å². The van der Waals surface area contributed by atoms with Gasteiger partial charge < -0.3 is 29.3 Å². The van der Waals surface area contributed by atoms with Crippen molar-refractivity contribution >= 4 is 27.5 Å². The van der Waals surface area contributed by atoms with Crippen molar-refractivity contribution in [2.75, 3.05) is 71.0 Å². The van der Waals surface area contributed by atoms with Crippen molar-refractivity contribution in [1.82, 2.24) is 24.8 Å². The number of nitrogens with zero attached hydrogens (tertiary/aromatic N) is 6. The number of hydrogen-bond acceptors (Lipinski definition) is 9. The van der Waals surface area contributed by atoms with Crippen molar-refractivity contribution in [2.24, 2.45) is 5.41 Å². The van der Waals surface area contributed by atoms with Crippen molar-refractivity contribution in [3.05, 3.63) is 47.7 Å². The zero-order valence-corrected chi connectivity index (χ0v) is 27.2. The molecular weight excluding hydrogens is 602 g/mol. The number of phenolic OH excluding ortho intramolecular Hbond substituents is 1. The number of benzene rings is 2. The normalized spacial score (nSPS) is 23.0. The smallest absolute Gasteiger partial charge is 0.319 e. The van der Waals surface area contributed by atoms with E-state index in [1.54, 1.807) is 18.3 Å². The number of anilines is 1. The molecule has 1 spiro atoms. The fourth-order valence-electron chi connectivity index (χ4n) is 7.76. The topological polar surface area (TPSA) is 87.1 Å². The average molecular weight is 645 g/mol. The summed E-state index contributed by atoms with van der Waals surface area (Å²) in [6.45, 7) is 9.66. The predicted octanol–water partition coefficient (Wildman–Crippen LogP) is 5.56. The molecule has 2 aromatic carbocycles. The van der Waals surface area contributed by atoms with Gasteiger partial charge in [-0.15, -0.1) is 0 Å². The van der Waals surface area contributed by atoms with E-state index in [2.05, 4.69) is 31.7 Å². The summed E-state index contributed by atoms with van der Waals surface area (Å²) >= 11 is 0. The standard InChI is InChI=1S/C36H42F2N6O3/c1-3-25-28(37)6-5-23-17-24(45)18-26(29(23)25)31-30(38)32-27(19-39-31)33(44-11-4-7-36(21-44)10-16-47-36)41-34(40-32)46-22-35(8-9-35)20-43-14-12-42(2)13-15-43/h5-6,17-19,45H,3-4,7-16,20-22H2,1-2H3. The Morgan fingerprint density at radius 1 is 1.02 bits per heavy atom. The number of piperidine rings is 1. The molecule has 8 rings (SSSR count). The van der Waals surface area contributed by atoms with Crippen LogP contribution in [0.3, 0.4) is 0 Å². The molecule has 3 saturated heterocycles. The highest BCUT2D eigenvalue weighted by Crippen LogP contribution is 2.47. The number of phenols is 1. The van der Waals surface area contributed by atoms with Crippen molar-refractivity contribution in [3.8, 4) is 23.0 Å². The van der Waals surface area contributed by atoms with Gasteiger partial charge in [0.05, 0.1) is 24.2 Å². The molecule has 4 fully saturated rings. The number of fused-ring (bicyclic) bond motifs is 2. The van der Waals surface area contributed by atoms with Gasteiger partial charge in [0.25, 0.3) is 0 Å². The number of hydrogen-bond donors (Lipinski definition) is 1. The fourth-order valence-corrected chi connectivity index (χ4v) is 7.76. The Labute approximate surface area is 273 Å².